The Morgan fingerprint density at radius 3 is 2.29 bits per heavy atom. The summed E-state index contributed by atoms with van der Waals surface area (Å²) in [7, 11) is -4.03. The Morgan fingerprint density at radius 2 is 1.75 bits per heavy atom. The van der Waals surface area contributed by atoms with Crippen LogP contribution in [0.3, 0.4) is 0 Å². The van der Waals surface area contributed by atoms with Crippen molar-refractivity contribution in [2.24, 2.45) is 0 Å². The second kappa shape index (κ2) is 7.13. The van der Waals surface area contributed by atoms with E-state index in [2.05, 4.69) is 14.6 Å². The minimum Gasteiger partial charge on any atom is -0.406 e. The monoisotopic (exact) mass is 432 g/mol. The lowest BCUT2D eigenvalue weighted by Gasteiger charge is -2.12. The summed E-state index contributed by atoms with van der Waals surface area (Å²) >= 11 is 1.29. The van der Waals surface area contributed by atoms with Crippen molar-refractivity contribution in [3.05, 3.63) is 45.8 Å². The minimum absolute atomic E-state index is 0.0433. The van der Waals surface area contributed by atoms with Crippen LogP contribution in [0.25, 0.3) is 11.3 Å². The highest BCUT2D eigenvalue weighted by Crippen LogP contribution is 2.40. The number of sulfonamides is 1. The highest BCUT2D eigenvalue weighted by atomic mass is 32.2. The van der Waals surface area contributed by atoms with Gasteiger partial charge < -0.3 is 9.26 Å². The molecule has 0 saturated heterocycles. The lowest BCUT2D eigenvalue weighted by atomic mass is 10.2. The van der Waals surface area contributed by atoms with E-state index in [0.717, 1.165) is 17.0 Å². The van der Waals surface area contributed by atoms with E-state index in [1.165, 1.54) is 23.5 Å². The Hall–Kier alpha value is -2.53. The van der Waals surface area contributed by atoms with Crippen LogP contribution in [-0.2, 0) is 10.0 Å². The van der Waals surface area contributed by atoms with Crippen LogP contribution >= 0.6 is 11.3 Å². The third-order valence-corrected chi connectivity index (χ3v) is 6.39. The number of rotatable bonds is 5. The first-order chi connectivity index (χ1) is 13.0. The van der Waals surface area contributed by atoms with Gasteiger partial charge in [-0.15, -0.1) is 24.5 Å². The number of nitrogens with zero attached hydrogens (tertiary/aromatic N) is 1. The summed E-state index contributed by atoms with van der Waals surface area (Å²) in [5, 5.41) is 3.80. The first-order valence-electron chi connectivity index (χ1n) is 7.88. The molecule has 3 aromatic rings. The van der Waals surface area contributed by atoms with Gasteiger partial charge in [0.2, 0.25) is 0 Å². The van der Waals surface area contributed by atoms with Crippen LogP contribution in [0, 0.1) is 20.8 Å². The van der Waals surface area contributed by atoms with Gasteiger partial charge in [-0.1, -0.05) is 5.16 Å². The van der Waals surface area contributed by atoms with E-state index in [1.54, 1.807) is 26.8 Å². The molecule has 150 valence electrons. The maximum Gasteiger partial charge on any atom is 0.573 e. The molecule has 0 fully saturated rings. The molecule has 0 radical (unpaired) electrons. The molecule has 6 nitrogen and oxygen atoms in total. The van der Waals surface area contributed by atoms with Crippen LogP contribution in [-0.4, -0.2) is 19.9 Å². The fourth-order valence-electron chi connectivity index (χ4n) is 2.68. The third-order valence-electron chi connectivity index (χ3n) is 3.69. The molecule has 28 heavy (non-hydrogen) atoms. The summed E-state index contributed by atoms with van der Waals surface area (Å²) in [6, 6.07) is 6.06. The van der Waals surface area contributed by atoms with Crippen molar-refractivity contribution in [3.8, 4) is 17.1 Å². The van der Waals surface area contributed by atoms with Crippen molar-refractivity contribution < 1.29 is 30.8 Å². The molecule has 0 aliphatic rings. The fourth-order valence-corrected chi connectivity index (χ4v) is 5.61. The van der Waals surface area contributed by atoms with Gasteiger partial charge in [0, 0.05) is 21.5 Å². The number of ether oxygens (including phenoxy) is 1. The molecule has 0 aliphatic carbocycles. The minimum atomic E-state index is -4.82. The maximum absolute atomic E-state index is 13.0. The SMILES string of the molecule is Cc1cc(-c2c(C)sc(C)c2S(=O)(=O)Nc2ccc(OC(F)(F)F)cc2)on1. The summed E-state index contributed by atoms with van der Waals surface area (Å²) in [5.41, 5.74) is 1.11. The maximum atomic E-state index is 13.0. The molecule has 0 saturated carbocycles. The molecule has 0 bridgehead atoms. The van der Waals surface area contributed by atoms with Gasteiger partial charge in [-0.3, -0.25) is 4.72 Å². The Morgan fingerprint density at radius 1 is 1.11 bits per heavy atom. The number of thiophene rings is 1. The molecule has 11 heteroatoms. The second-order valence-electron chi connectivity index (χ2n) is 5.93. The summed E-state index contributed by atoms with van der Waals surface area (Å²) in [6.45, 7) is 5.16. The molecular weight excluding hydrogens is 417 g/mol. The van der Waals surface area contributed by atoms with Gasteiger partial charge in [0.25, 0.3) is 10.0 Å². The third kappa shape index (κ3) is 4.30. The van der Waals surface area contributed by atoms with Gasteiger partial charge in [-0.25, -0.2) is 8.42 Å². The van der Waals surface area contributed by atoms with E-state index in [-0.39, 0.29) is 10.6 Å². The van der Waals surface area contributed by atoms with Gasteiger partial charge in [0.15, 0.2) is 5.76 Å². The van der Waals surface area contributed by atoms with Gasteiger partial charge in [0.1, 0.15) is 10.6 Å². The predicted octanol–water partition coefficient (Wildman–Crippen LogP) is 5.03. The zero-order chi connectivity index (χ0) is 20.7. The molecule has 1 aromatic carbocycles. The first-order valence-corrected chi connectivity index (χ1v) is 10.2. The molecular formula is C17H15F3N2O4S2. The van der Waals surface area contributed by atoms with E-state index in [0.29, 0.717) is 21.9 Å². The van der Waals surface area contributed by atoms with E-state index in [1.807, 2.05) is 0 Å². The topological polar surface area (TPSA) is 81.4 Å². The van der Waals surface area contributed by atoms with Crippen molar-refractivity contribution in [1.29, 1.82) is 0 Å². The van der Waals surface area contributed by atoms with Crippen LogP contribution in [0.4, 0.5) is 18.9 Å². The smallest absolute Gasteiger partial charge is 0.406 e. The molecule has 3 rings (SSSR count). The Kier molecular flexibility index (Phi) is 5.15. The second-order valence-corrected chi connectivity index (χ2v) is 8.98. The van der Waals surface area contributed by atoms with Crippen molar-refractivity contribution in [3.63, 3.8) is 0 Å². The number of aromatic nitrogens is 1. The molecule has 1 N–H and O–H groups in total. The van der Waals surface area contributed by atoms with Gasteiger partial charge in [-0.05, 0) is 45.0 Å². The zero-order valence-electron chi connectivity index (χ0n) is 14.9. The normalized spacial score (nSPS) is 12.2. The van der Waals surface area contributed by atoms with Crippen LogP contribution < -0.4 is 9.46 Å². The van der Waals surface area contributed by atoms with Crippen LogP contribution in [0.1, 0.15) is 15.4 Å². The number of halogens is 3. The van der Waals surface area contributed by atoms with E-state index >= 15 is 0 Å². The Balaban J connectivity index is 1.94. The highest BCUT2D eigenvalue weighted by molar-refractivity contribution is 7.93. The van der Waals surface area contributed by atoms with Crippen LogP contribution in [0.15, 0.2) is 39.8 Å². The molecule has 0 unspecified atom stereocenters. The number of alkyl halides is 3. The van der Waals surface area contributed by atoms with Crippen LogP contribution in [0.5, 0.6) is 5.75 Å². The van der Waals surface area contributed by atoms with Crippen molar-refractivity contribution in [2.75, 3.05) is 4.72 Å². The highest BCUT2D eigenvalue weighted by Gasteiger charge is 2.31. The Bertz CT molecular complexity index is 1100. The number of anilines is 1. The van der Waals surface area contributed by atoms with Crippen molar-refractivity contribution >= 4 is 27.0 Å². The number of hydrogen-bond donors (Lipinski definition) is 1. The Labute approximate surface area is 163 Å². The van der Waals surface area contributed by atoms with E-state index < -0.39 is 22.1 Å². The van der Waals surface area contributed by atoms with E-state index in [9.17, 15) is 21.6 Å². The molecule has 0 amide bonds. The number of benzene rings is 1. The summed E-state index contributed by atoms with van der Waals surface area (Å²) in [6.07, 6.45) is -4.82. The van der Waals surface area contributed by atoms with Crippen LogP contribution in [0.2, 0.25) is 0 Å². The average molecular weight is 432 g/mol. The number of hydrogen-bond acceptors (Lipinski definition) is 6. The van der Waals surface area contributed by atoms with Crippen molar-refractivity contribution in [1.82, 2.24) is 5.16 Å². The lowest BCUT2D eigenvalue weighted by Crippen LogP contribution is -2.17. The lowest BCUT2D eigenvalue weighted by molar-refractivity contribution is -0.274. The molecule has 2 aromatic heterocycles. The molecule has 0 atom stereocenters. The predicted molar refractivity (Wildman–Crippen MR) is 98.0 cm³/mol. The standard InChI is InChI=1S/C17H15F3N2O4S2/c1-9-8-14(26-21-9)15-10(2)27-11(3)16(15)28(23,24)22-12-4-6-13(7-5-12)25-17(18,19)20/h4-8,22H,1-3H3. The molecule has 0 aliphatic heterocycles. The zero-order valence-corrected chi connectivity index (χ0v) is 16.6. The van der Waals surface area contributed by atoms with E-state index in [4.69, 9.17) is 4.52 Å². The van der Waals surface area contributed by atoms with Gasteiger partial charge in [-0.2, -0.15) is 0 Å². The average Bonchev–Trinajstić information content (AvgIpc) is 3.10. The van der Waals surface area contributed by atoms with Gasteiger partial charge in [0.05, 0.1) is 11.3 Å². The molecule has 0 spiro atoms. The first kappa shape index (κ1) is 20.2. The fraction of sp³-hybridized carbons (Fsp3) is 0.235. The summed E-state index contributed by atoms with van der Waals surface area (Å²) < 4.78 is 74.1. The molecule has 2 heterocycles. The number of nitrogens with one attached hydrogen (secondary N) is 1. The van der Waals surface area contributed by atoms with Crippen molar-refractivity contribution in [2.45, 2.75) is 32.0 Å². The summed E-state index contributed by atoms with van der Waals surface area (Å²) in [5.74, 6) is -0.121. The summed E-state index contributed by atoms with van der Waals surface area (Å²) in [4.78, 5) is 1.33. The largest absolute Gasteiger partial charge is 0.573 e. The number of aryl methyl sites for hydroxylation is 3. The quantitative estimate of drug-likeness (QED) is 0.612. The van der Waals surface area contributed by atoms with Gasteiger partial charge >= 0.3 is 6.36 Å².